The van der Waals surface area contributed by atoms with Gasteiger partial charge in [0.25, 0.3) is 0 Å². The first-order chi connectivity index (χ1) is 10.1. The van der Waals surface area contributed by atoms with E-state index in [0.29, 0.717) is 0 Å². The van der Waals surface area contributed by atoms with Gasteiger partial charge in [0.15, 0.2) is 0 Å². The number of aryl methyl sites for hydroxylation is 1. The van der Waals surface area contributed by atoms with Gasteiger partial charge in [-0.1, -0.05) is 63.4 Å². The highest BCUT2D eigenvalue weighted by molar-refractivity contribution is 9.09. The second-order valence-electron chi connectivity index (χ2n) is 5.84. The van der Waals surface area contributed by atoms with E-state index in [-0.39, 0.29) is 5.41 Å². The first-order valence-corrected chi connectivity index (χ1v) is 9.11. The molecule has 0 bridgehead atoms. The van der Waals surface area contributed by atoms with Crippen LogP contribution in [0.5, 0.6) is 0 Å². The lowest BCUT2D eigenvalue weighted by Crippen LogP contribution is -2.35. The molecule has 0 fully saturated rings. The largest absolute Gasteiger partial charge is 0.0918 e. The Hall–Kier alpha value is -0.500. The van der Waals surface area contributed by atoms with Crippen LogP contribution in [0.25, 0.3) is 0 Å². The standard InChI is InChI=1S/C18H17BrCl2/c19-12-18(11-14-10-15(20)7-8-17(14)21)9-3-5-13-4-1-2-6-16(13)18/h1-2,4,6-8,10H,3,5,9,11-12H2. The monoisotopic (exact) mass is 382 g/mol. The van der Waals surface area contributed by atoms with Crippen molar-refractivity contribution in [2.24, 2.45) is 0 Å². The zero-order valence-corrected chi connectivity index (χ0v) is 14.8. The summed E-state index contributed by atoms with van der Waals surface area (Å²) in [5.41, 5.74) is 4.19. The molecule has 0 aromatic heterocycles. The number of hydrogen-bond acceptors (Lipinski definition) is 0. The fourth-order valence-electron chi connectivity index (χ4n) is 3.42. The lowest BCUT2D eigenvalue weighted by Gasteiger charge is -2.38. The maximum atomic E-state index is 6.39. The van der Waals surface area contributed by atoms with E-state index in [2.05, 4.69) is 40.2 Å². The molecule has 110 valence electrons. The van der Waals surface area contributed by atoms with Crippen molar-refractivity contribution in [3.8, 4) is 0 Å². The van der Waals surface area contributed by atoms with E-state index >= 15 is 0 Å². The molecule has 0 saturated carbocycles. The van der Waals surface area contributed by atoms with Crippen molar-refractivity contribution in [3.63, 3.8) is 0 Å². The molecule has 0 aliphatic heterocycles. The highest BCUT2D eigenvalue weighted by atomic mass is 79.9. The van der Waals surface area contributed by atoms with E-state index in [1.165, 1.54) is 30.4 Å². The molecule has 0 radical (unpaired) electrons. The van der Waals surface area contributed by atoms with Crippen molar-refractivity contribution >= 4 is 39.1 Å². The van der Waals surface area contributed by atoms with Crippen LogP contribution in [0, 0.1) is 0 Å². The Kier molecular flexibility index (Phi) is 4.63. The Labute approximate surface area is 144 Å². The number of fused-ring (bicyclic) bond motifs is 1. The summed E-state index contributed by atoms with van der Waals surface area (Å²) >= 11 is 16.3. The molecule has 0 saturated heterocycles. The number of hydrogen-bond donors (Lipinski definition) is 0. The van der Waals surface area contributed by atoms with Gasteiger partial charge in [0, 0.05) is 20.8 Å². The summed E-state index contributed by atoms with van der Waals surface area (Å²) in [4.78, 5) is 0. The summed E-state index contributed by atoms with van der Waals surface area (Å²) in [6, 6.07) is 14.6. The van der Waals surface area contributed by atoms with Crippen molar-refractivity contribution in [1.82, 2.24) is 0 Å². The van der Waals surface area contributed by atoms with Crippen LogP contribution in [0.3, 0.4) is 0 Å². The Morgan fingerprint density at radius 1 is 1.10 bits per heavy atom. The third-order valence-corrected chi connectivity index (χ3v) is 6.16. The molecule has 0 spiro atoms. The molecular formula is C18H17BrCl2. The molecule has 3 heteroatoms. The van der Waals surface area contributed by atoms with Crippen LogP contribution < -0.4 is 0 Å². The lowest BCUT2D eigenvalue weighted by molar-refractivity contribution is 0.401. The quantitative estimate of drug-likeness (QED) is 0.553. The van der Waals surface area contributed by atoms with Crippen LogP contribution in [-0.4, -0.2) is 5.33 Å². The van der Waals surface area contributed by atoms with Gasteiger partial charge in [-0.3, -0.25) is 0 Å². The van der Waals surface area contributed by atoms with Crippen molar-refractivity contribution < 1.29 is 0 Å². The van der Waals surface area contributed by atoms with Gasteiger partial charge in [0.1, 0.15) is 0 Å². The Balaban J connectivity index is 2.04. The molecule has 1 atom stereocenters. The highest BCUT2D eigenvalue weighted by Gasteiger charge is 2.36. The molecule has 2 aromatic rings. The second kappa shape index (κ2) is 6.32. The van der Waals surface area contributed by atoms with Crippen molar-refractivity contribution in [1.29, 1.82) is 0 Å². The maximum Gasteiger partial charge on any atom is 0.0439 e. The van der Waals surface area contributed by atoms with Gasteiger partial charge in [0.05, 0.1) is 0 Å². The summed E-state index contributed by atoms with van der Waals surface area (Å²) in [6.45, 7) is 0. The van der Waals surface area contributed by atoms with E-state index in [1.54, 1.807) is 0 Å². The molecule has 21 heavy (non-hydrogen) atoms. The summed E-state index contributed by atoms with van der Waals surface area (Å²) in [6.07, 6.45) is 4.50. The van der Waals surface area contributed by atoms with Crippen molar-refractivity contribution in [2.45, 2.75) is 31.1 Å². The van der Waals surface area contributed by atoms with Crippen molar-refractivity contribution in [2.75, 3.05) is 5.33 Å². The van der Waals surface area contributed by atoms with Crippen LogP contribution >= 0.6 is 39.1 Å². The topological polar surface area (TPSA) is 0 Å². The van der Waals surface area contributed by atoms with Gasteiger partial charge < -0.3 is 0 Å². The Bertz CT molecular complexity index is 653. The average molecular weight is 384 g/mol. The zero-order chi connectivity index (χ0) is 14.9. The average Bonchev–Trinajstić information content (AvgIpc) is 2.51. The molecule has 0 heterocycles. The van der Waals surface area contributed by atoms with Gasteiger partial charge in [-0.15, -0.1) is 0 Å². The Morgan fingerprint density at radius 2 is 1.90 bits per heavy atom. The molecule has 0 amide bonds. The summed E-state index contributed by atoms with van der Waals surface area (Å²) in [5, 5.41) is 2.51. The molecule has 2 aromatic carbocycles. The summed E-state index contributed by atoms with van der Waals surface area (Å²) in [5.74, 6) is 0. The number of benzene rings is 2. The van der Waals surface area contributed by atoms with Crippen molar-refractivity contribution in [3.05, 3.63) is 69.2 Å². The molecule has 0 N–H and O–H groups in total. The highest BCUT2D eigenvalue weighted by Crippen LogP contribution is 2.42. The van der Waals surface area contributed by atoms with E-state index in [4.69, 9.17) is 23.2 Å². The smallest absolute Gasteiger partial charge is 0.0439 e. The molecule has 1 aliphatic carbocycles. The number of rotatable bonds is 3. The minimum atomic E-state index is 0.114. The first-order valence-electron chi connectivity index (χ1n) is 7.23. The SMILES string of the molecule is Clc1ccc(Cl)c(CC2(CBr)CCCc3ccccc32)c1. The van der Waals surface area contributed by atoms with E-state index < -0.39 is 0 Å². The van der Waals surface area contributed by atoms with E-state index in [1.807, 2.05) is 18.2 Å². The van der Waals surface area contributed by atoms with Crippen LogP contribution in [0.15, 0.2) is 42.5 Å². The minimum Gasteiger partial charge on any atom is -0.0918 e. The minimum absolute atomic E-state index is 0.114. The zero-order valence-electron chi connectivity index (χ0n) is 11.7. The molecule has 1 aliphatic rings. The number of alkyl halides is 1. The summed E-state index contributed by atoms with van der Waals surface area (Å²) < 4.78 is 0. The third kappa shape index (κ3) is 3.02. The fraction of sp³-hybridized carbons (Fsp3) is 0.333. The van der Waals surface area contributed by atoms with Gasteiger partial charge in [-0.25, -0.2) is 0 Å². The Morgan fingerprint density at radius 3 is 2.71 bits per heavy atom. The van der Waals surface area contributed by atoms with E-state index in [0.717, 1.165) is 27.4 Å². The van der Waals surface area contributed by atoms with Gasteiger partial charge in [-0.05, 0) is 60.6 Å². The van der Waals surface area contributed by atoms with Crippen LogP contribution in [-0.2, 0) is 18.3 Å². The van der Waals surface area contributed by atoms with Gasteiger partial charge in [0.2, 0.25) is 0 Å². The summed E-state index contributed by atoms with van der Waals surface area (Å²) in [7, 11) is 0. The predicted molar refractivity (Wildman–Crippen MR) is 95.0 cm³/mol. The van der Waals surface area contributed by atoms with Crippen LogP contribution in [0.4, 0.5) is 0 Å². The molecular weight excluding hydrogens is 367 g/mol. The van der Waals surface area contributed by atoms with Gasteiger partial charge >= 0.3 is 0 Å². The van der Waals surface area contributed by atoms with E-state index in [9.17, 15) is 0 Å². The second-order valence-corrected chi connectivity index (χ2v) is 7.24. The molecule has 0 nitrogen and oxygen atoms in total. The predicted octanol–water partition coefficient (Wildman–Crippen LogP) is 6.21. The maximum absolute atomic E-state index is 6.39. The number of halogens is 3. The van der Waals surface area contributed by atoms with Gasteiger partial charge in [-0.2, -0.15) is 0 Å². The lowest BCUT2D eigenvalue weighted by atomic mass is 9.68. The third-order valence-electron chi connectivity index (χ3n) is 4.48. The molecule has 1 unspecified atom stereocenters. The van der Waals surface area contributed by atoms with Crippen LogP contribution in [0.2, 0.25) is 10.0 Å². The normalized spacial score (nSPS) is 21.1. The molecule has 3 rings (SSSR count). The fourth-order valence-corrected chi connectivity index (χ4v) is 4.58. The van der Waals surface area contributed by atoms with Crippen LogP contribution in [0.1, 0.15) is 29.5 Å². The first kappa shape index (κ1) is 15.4.